The molecule has 0 bridgehead atoms. The lowest BCUT2D eigenvalue weighted by molar-refractivity contribution is 0.233. The Morgan fingerprint density at radius 1 is 0.958 bits per heavy atom. The van der Waals surface area contributed by atoms with Crippen molar-refractivity contribution in [2.75, 3.05) is 20.8 Å². The maximum Gasteiger partial charge on any atom is 0.320 e. The van der Waals surface area contributed by atoms with Crippen LogP contribution in [-0.4, -0.2) is 48.9 Å². The molecule has 0 aliphatic heterocycles. The molecule has 0 aromatic rings. The van der Waals surface area contributed by atoms with E-state index in [-0.39, 0.29) is 0 Å². The van der Waals surface area contributed by atoms with Crippen LogP contribution in [0.15, 0.2) is 0 Å². The van der Waals surface area contributed by atoms with Crippen molar-refractivity contribution in [1.82, 2.24) is 4.57 Å². The first kappa shape index (κ1) is 22.4. The van der Waals surface area contributed by atoms with Crippen molar-refractivity contribution in [3.05, 3.63) is 0 Å². The van der Waals surface area contributed by atoms with Gasteiger partial charge in [0.05, 0.1) is 0 Å². The molecule has 5 heteroatoms. The van der Waals surface area contributed by atoms with Crippen molar-refractivity contribution in [2.45, 2.75) is 102 Å². The lowest BCUT2D eigenvalue weighted by Crippen LogP contribution is -2.59. The van der Waals surface area contributed by atoms with Gasteiger partial charge in [-0.2, -0.15) is 0 Å². The van der Waals surface area contributed by atoms with Crippen LogP contribution in [0.3, 0.4) is 0 Å². The molecule has 0 amide bonds. The van der Waals surface area contributed by atoms with E-state index in [1.54, 1.807) is 14.2 Å². The SMILES string of the molecule is CO[SiH](CCCCCN(C1CCCCC1)[Si](C)(C)C(C)(C)C)OC. The van der Waals surface area contributed by atoms with Crippen molar-refractivity contribution in [3.8, 4) is 0 Å². The zero-order chi connectivity index (χ0) is 18.2. The first-order chi connectivity index (χ1) is 11.2. The Bertz CT molecular complexity index is 335. The summed E-state index contributed by atoms with van der Waals surface area (Å²) in [5.74, 6) is 0. The molecule has 0 aromatic heterocycles. The summed E-state index contributed by atoms with van der Waals surface area (Å²) in [6, 6.07) is 2.00. The maximum atomic E-state index is 5.43. The molecule has 144 valence electrons. The Balaban J connectivity index is 2.56. The van der Waals surface area contributed by atoms with Gasteiger partial charge in [-0.1, -0.05) is 66.0 Å². The fourth-order valence-corrected chi connectivity index (χ4v) is 7.88. The van der Waals surface area contributed by atoms with Crippen molar-refractivity contribution in [2.24, 2.45) is 0 Å². The van der Waals surface area contributed by atoms with E-state index in [1.807, 2.05) is 0 Å². The second-order valence-electron chi connectivity index (χ2n) is 9.04. The molecule has 1 rings (SSSR count). The van der Waals surface area contributed by atoms with E-state index < -0.39 is 17.5 Å². The molecule has 0 atom stereocenters. The van der Waals surface area contributed by atoms with Crippen molar-refractivity contribution in [3.63, 3.8) is 0 Å². The summed E-state index contributed by atoms with van der Waals surface area (Å²) in [7, 11) is 0.811. The Morgan fingerprint density at radius 3 is 2.04 bits per heavy atom. The first-order valence-corrected chi connectivity index (χ1v) is 14.8. The highest BCUT2D eigenvalue weighted by Crippen LogP contribution is 2.41. The third-order valence-corrected chi connectivity index (χ3v) is 14.1. The van der Waals surface area contributed by atoms with Crippen LogP contribution >= 0.6 is 0 Å². The zero-order valence-electron chi connectivity index (χ0n) is 17.5. The summed E-state index contributed by atoms with van der Waals surface area (Å²) in [6.07, 6.45) is 11.1. The van der Waals surface area contributed by atoms with Gasteiger partial charge in [0.15, 0.2) is 0 Å². The van der Waals surface area contributed by atoms with E-state index >= 15 is 0 Å². The van der Waals surface area contributed by atoms with E-state index in [2.05, 4.69) is 38.4 Å². The minimum Gasteiger partial charge on any atom is -0.400 e. The largest absolute Gasteiger partial charge is 0.400 e. The van der Waals surface area contributed by atoms with E-state index in [0.717, 1.165) is 12.1 Å². The molecule has 0 N–H and O–H groups in total. The lowest BCUT2D eigenvalue weighted by atomic mass is 9.95. The summed E-state index contributed by atoms with van der Waals surface area (Å²) in [4.78, 5) is 0. The van der Waals surface area contributed by atoms with Crippen molar-refractivity contribution < 1.29 is 8.85 Å². The van der Waals surface area contributed by atoms with Gasteiger partial charge in [0.25, 0.3) is 0 Å². The zero-order valence-corrected chi connectivity index (χ0v) is 19.6. The second-order valence-corrected chi connectivity index (χ2v) is 16.6. The van der Waals surface area contributed by atoms with Gasteiger partial charge in [0, 0.05) is 20.3 Å². The number of rotatable bonds is 10. The van der Waals surface area contributed by atoms with E-state index in [1.165, 1.54) is 57.9 Å². The van der Waals surface area contributed by atoms with Crippen LogP contribution in [0.2, 0.25) is 24.2 Å². The van der Waals surface area contributed by atoms with Crippen molar-refractivity contribution in [1.29, 1.82) is 0 Å². The van der Waals surface area contributed by atoms with Gasteiger partial charge in [0.2, 0.25) is 0 Å². The van der Waals surface area contributed by atoms with E-state index in [9.17, 15) is 0 Å². The minimum absolute atomic E-state index is 0.439. The molecule has 0 spiro atoms. The number of unbranched alkanes of at least 4 members (excludes halogenated alkanes) is 2. The highest BCUT2D eigenvalue weighted by Gasteiger charge is 2.43. The van der Waals surface area contributed by atoms with Crippen LogP contribution in [0.4, 0.5) is 0 Å². The maximum absolute atomic E-state index is 5.43. The average molecular weight is 374 g/mol. The van der Waals surface area contributed by atoms with Crippen LogP contribution in [0.5, 0.6) is 0 Å². The van der Waals surface area contributed by atoms with E-state index in [4.69, 9.17) is 8.85 Å². The Hall–Kier alpha value is 0.314. The monoisotopic (exact) mass is 373 g/mol. The second kappa shape index (κ2) is 10.5. The summed E-state index contributed by atoms with van der Waals surface area (Å²) in [5.41, 5.74) is 0. The average Bonchev–Trinajstić information content (AvgIpc) is 2.54. The molecular formula is C19H43NO2Si2. The molecule has 1 aliphatic rings. The molecule has 0 aromatic carbocycles. The summed E-state index contributed by atoms with van der Waals surface area (Å²) < 4.78 is 13.9. The summed E-state index contributed by atoms with van der Waals surface area (Å²) >= 11 is 0. The van der Waals surface area contributed by atoms with Crippen LogP contribution in [-0.2, 0) is 8.85 Å². The van der Waals surface area contributed by atoms with Gasteiger partial charge in [0.1, 0.15) is 8.24 Å². The van der Waals surface area contributed by atoms with Gasteiger partial charge < -0.3 is 13.4 Å². The molecule has 0 unspecified atom stereocenters. The molecule has 0 heterocycles. The highest BCUT2D eigenvalue weighted by atomic mass is 28.3. The first-order valence-electron chi connectivity index (χ1n) is 10.1. The molecule has 1 saturated carbocycles. The molecule has 24 heavy (non-hydrogen) atoms. The third kappa shape index (κ3) is 6.56. The molecule has 0 saturated heterocycles. The van der Waals surface area contributed by atoms with Crippen LogP contribution in [0.1, 0.15) is 72.1 Å². The predicted octanol–water partition coefficient (Wildman–Crippen LogP) is 5.31. The topological polar surface area (TPSA) is 21.7 Å². The third-order valence-electron chi connectivity index (χ3n) is 6.43. The Labute approximate surface area is 154 Å². The van der Waals surface area contributed by atoms with Gasteiger partial charge in [-0.05, 0) is 36.9 Å². The van der Waals surface area contributed by atoms with Gasteiger partial charge in [-0.25, -0.2) is 0 Å². The molecule has 0 radical (unpaired) electrons. The van der Waals surface area contributed by atoms with Crippen molar-refractivity contribution >= 4 is 17.5 Å². The summed E-state index contributed by atoms with van der Waals surface area (Å²) in [6.45, 7) is 13.9. The number of nitrogens with zero attached hydrogens (tertiary/aromatic N) is 1. The Morgan fingerprint density at radius 2 is 1.54 bits per heavy atom. The number of hydrogen-bond acceptors (Lipinski definition) is 3. The van der Waals surface area contributed by atoms with Gasteiger partial charge in [-0.15, -0.1) is 0 Å². The summed E-state index contributed by atoms with van der Waals surface area (Å²) in [5, 5.41) is 0.439. The minimum atomic E-state index is -1.42. The lowest BCUT2D eigenvalue weighted by Gasteiger charge is -2.50. The highest BCUT2D eigenvalue weighted by molar-refractivity contribution is 6.77. The fourth-order valence-electron chi connectivity index (χ4n) is 3.84. The van der Waals surface area contributed by atoms with Gasteiger partial charge in [-0.3, -0.25) is 0 Å². The predicted molar refractivity (Wildman–Crippen MR) is 111 cm³/mol. The molecule has 1 fully saturated rings. The standard InChI is InChI=1S/C19H43NO2Si2/c1-19(2,3)24(6,7)20(18-14-10-8-11-15-18)16-12-9-13-17-23(21-4)22-5/h18,23H,8-17H2,1-7H3. The smallest absolute Gasteiger partial charge is 0.320 e. The normalized spacial score (nSPS) is 17.9. The number of hydrogen-bond donors (Lipinski definition) is 0. The van der Waals surface area contributed by atoms with Gasteiger partial charge >= 0.3 is 9.28 Å². The van der Waals surface area contributed by atoms with E-state index in [0.29, 0.717) is 5.04 Å². The van der Waals surface area contributed by atoms with Crippen LogP contribution in [0, 0.1) is 0 Å². The quantitative estimate of drug-likeness (QED) is 0.382. The molecule has 1 aliphatic carbocycles. The van der Waals surface area contributed by atoms with Crippen LogP contribution < -0.4 is 0 Å². The fraction of sp³-hybridized carbons (Fsp3) is 1.00. The Kier molecular flexibility index (Phi) is 9.74. The molecular weight excluding hydrogens is 330 g/mol. The molecule has 3 nitrogen and oxygen atoms in total. The van der Waals surface area contributed by atoms with Crippen LogP contribution in [0.25, 0.3) is 0 Å².